The van der Waals surface area contributed by atoms with E-state index in [9.17, 15) is 14.9 Å². The van der Waals surface area contributed by atoms with Crippen LogP contribution in [-0.2, 0) is 16.0 Å². The Labute approximate surface area is 109 Å². The zero-order valence-corrected chi connectivity index (χ0v) is 10.8. The molecule has 0 heterocycles. The van der Waals surface area contributed by atoms with E-state index in [2.05, 4.69) is 10.5 Å². The van der Waals surface area contributed by atoms with Gasteiger partial charge in [0.05, 0.1) is 12.0 Å². The number of carbonyl (C=O) groups excluding carboxylic acids is 1. The Kier molecular flexibility index (Phi) is 6.37. The third kappa shape index (κ3) is 4.49. The fraction of sp³-hybridized carbons (Fsp3) is 0.300. The molecular weight excluding hydrogens is 292 g/mol. The first-order chi connectivity index (χ1) is 7.54. The Hall–Kier alpha value is -1.47. The summed E-state index contributed by atoms with van der Waals surface area (Å²) in [5, 5.41) is 10.4. The van der Waals surface area contributed by atoms with E-state index in [1.54, 1.807) is 12.1 Å². The molecule has 0 saturated heterocycles. The van der Waals surface area contributed by atoms with Gasteiger partial charge in [0.1, 0.15) is 0 Å². The van der Waals surface area contributed by atoms with Gasteiger partial charge in [0.25, 0.3) is 5.69 Å². The molecule has 0 bridgehead atoms. The van der Waals surface area contributed by atoms with Crippen LogP contribution in [0.15, 0.2) is 24.3 Å². The quantitative estimate of drug-likeness (QED) is 0.362. The fourth-order valence-electron chi connectivity index (χ4n) is 1.29. The molecule has 0 saturated carbocycles. The molecule has 0 aliphatic rings. The Balaban J connectivity index is 0.00000256. The molecule has 0 amide bonds. The molecular formula is C10H13BrN2O4. The molecule has 0 spiro atoms. The van der Waals surface area contributed by atoms with Crippen molar-refractivity contribution in [2.75, 3.05) is 7.11 Å². The summed E-state index contributed by atoms with van der Waals surface area (Å²) in [6.45, 7) is 0. The van der Waals surface area contributed by atoms with E-state index in [-0.39, 0.29) is 22.7 Å². The lowest BCUT2D eigenvalue weighted by Crippen LogP contribution is -3.00. The average molecular weight is 305 g/mol. The summed E-state index contributed by atoms with van der Waals surface area (Å²) in [7, 11) is 1.30. The summed E-state index contributed by atoms with van der Waals surface area (Å²) in [5.41, 5.74) is 4.50. The van der Waals surface area contributed by atoms with Crippen molar-refractivity contribution in [1.82, 2.24) is 0 Å². The third-order valence-corrected chi connectivity index (χ3v) is 2.16. The smallest absolute Gasteiger partial charge is 0.364 e. The number of nitro benzene ring substituents is 1. The monoisotopic (exact) mass is 304 g/mol. The maximum atomic E-state index is 11.1. The van der Waals surface area contributed by atoms with Crippen LogP contribution in [0.2, 0.25) is 0 Å². The lowest BCUT2D eigenvalue weighted by molar-refractivity contribution is -0.407. The van der Waals surface area contributed by atoms with Crippen molar-refractivity contribution < 1.29 is 37.2 Å². The van der Waals surface area contributed by atoms with Gasteiger partial charge in [0, 0.05) is 18.6 Å². The number of nitro groups is 1. The van der Waals surface area contributed by atoms with Gasteiger partial charge in [-0.25, -0.2) is 4.79 Å². The van der Waals surface area contributed by atoms with Crippen LogP contribution in [0.3, 0.4) is 0 Å². The Bertz CT molecular complexity index is 394. The molecule has 0 aliphatic heterocycles. The summed E-state index contributed by atoms with van der Waals surface area (Å²) >= 11 is 0. The van der Waals surface area contributed by atoms with Crippen LogP contribution < -0.4 is 22.7 Å². The molecule has 6 nitrogen and oxygen atoms in total. The number of methoxy groups -OCH3 is 1. The predicted molar refractivity (Wildman–Crippen MR) is 55.5 cm³/mol. The van der Waals surface area contributed by atoms with E-state index in [0.29, 0.717) is 6.42 Å². The molecule has 0 radical (unpaired) electrons. The third-order valence-electron chi connectivity index (χ3n) is 2.16. The number of carbonyl (C=O) groups is 1. The normalized spacial score (nSPS) is 11.2. The standard InChI is InChI=1S/C10H12N2O4.BrH/c1-16-10(13)9(11)6-7-2-4-8(5-3-7)12(14)15;/h2-5,9H,6,11H2,1H3;1H/t9-;/m0./s1. The van der Waals surface area contributed by atoms with Crippen LogP contribution in [-0.4, -0.2) is 24.0 Å². The van der Waals surface area contributed by atoms with Crippen molar-refractivity contribution in [1.29, 1.82) is 0 Å². The van der Waals surface area contributed by atoms with E-state index in [1.807, 2.05) is 0 Å². The van der Waals surface area contributed by atoms with Gasteiger partial charge in [-0.3, -0.25) is 10.1 Å². The number of benzene rings is 1. The highest BCUT2D eigenvalue weighted by atomic mass is 79.9. The summed E-state index contributed by atoms with van der Waals surface area (Å²) in [6, 6.07) is 5.53. The van der Waals surface area contributed by atoms with Crippen LogP contribution in [0.1, 0.15) is 5.56 Å². The number of halogens is 1. The lowest BCUT2D eigenvalue weighted by atomic mass is 10.1. The zero-order chi connectivity index (χ0) is 12.1. The second-order valence-corrected chi connectivity index (χ2v) is 3.35. The van der Waals surface area contributed by atoms with Gasteiger partial charge in [0.15, 0.2) is 6.04 Å². The van der Waals surface area contributed by atoms with Crippen molar-refractivity contribution in [3.63, 3.8) is 0 Å². The number of ether oxygens (including phenoxy) is 1. The van der Waals surface area contributed by atoms with Gasteiger partial charge in [-0.1, -0.05) is 12.1 Å². The maximum Gasteiger partial charge on any atom is 0.364 e. The SMILES string of the molecule is COC(=O)[C@@H]([NH3+])Cc1ccc([N+](=O)[O-])cc1.[Br-]. The van der Waals surface area contributed by atoms with E-state index < -0.39 is 16.9 Å². The van der Waals surface area contributed by atoms with Gasteiger partial charge in [-0.15, -0.1) is 0 Å². The number of non-ortho nitro benzene ring substituents is 1. The van der Waals surface area contributed by atoms with Crippen molar-refractivity contribution in [2.45, 2.75) is 12.5 Å². The number of hydrogen-bond donors (Lipinski definition) is 1. The number of esters is 1. The first-order valence-corrected chi connectivity index (χ1v) is 4.69. The maximum absolute atomic E-state index is 11.1. The molecule has 94 valence electrons. The molecule has 0 unspecified atom stereocenters. The second-order valence-electron chi connectivity index (χ2n) is 3.35. The average Bonchev–Trinajstić information content (AvgIpc) is 2.28. The van der Waals surface area contributed by atoms with Crippen LogP contribution in [0.25, 0.3) is 0 Å². The van der Waals surface area contributed by atoms with Crippen LogP contribution in [0.4, 0.5) is 5.69 Å². The molecule has 1 rings (SSSR count). The summed E-state index contributed by atoms with van der Waals surface area (Å²) in [6.07, 6.45) is 0.407. The van der Waals surface area contributed by atoms with Gasteiger partial charge in [-0.2, -0.15) is 0 Å². The molecule has 0 aromatic heterocycles. The van der Waals surface area contributed by atoms with Gasteiger partial charge in [-0.05, 0) is 5.56 Å². The molecule has 1 atom stereocenters. The lowest BCUT2D eigenvalue weighted by Gasteiger charge is -2.05. The van der Waals surface area contributed by atoms with E-state index >= 15 is 0 Å². The number of hydrogen-bond acceptors (Lipinski definition) is 4. The molecule has 17 heavy (non-hydrogen) atoms. The van der Waals surface area contributed by atoms with Crippen molar-refractivity contribution in [3.05, 3.63) is 39.9 Å². The highest BCUT2D eigenvalue weighted by Gasteiger charge is 2.18. The Morgan fingerprint density at radius 2 is 2.00 bits per heavy atom. The summed E-state index contributed by atoms with van der Waals surface area (Å²) in [5.74, 6) is -0.390. The van der Waals surface area contributed by atoms with Crippen LogP contribution >= 0.6 is 0 Å². The Morgan fingerprint density at radius 3 is 2.41 bits per heavy atom. The van der Waals surface area contributed by atoms with Gasteiger partial charge in [0.2, 0.25) is 0 Å². The Morgan fingerprint density at radius 1 is 1.47 bits per heavy atom. The molecule has 1 aromatic rings. The molecule has 3 N–H and O–H groups in total. The number of nitrogens with zero attached hydrogens (tertiary/aromatic N) is 1. The first kappa shape index (κ1) is 15.5. The second kappa shape index (κ2) is 6.97. The largest absolute Gasteiger partial charge is 1.00 e. The van der Waals surface area contributed by atoms with Crippen LogP contribution in [0.5, 0.6) is 0 Å². The highest BCUT2D eigenvalue weighted by Crippen LogP contribution is 2.12. The van der Waals surface area contributed by atoms with E-state index in [0.717, 1.165) is 5.56 Å². The number of rotatable bonds is 4. The molecule has 0 fully saturated rings. The van der Waals surface area contributed by atoms with Crippen molar-refractivity contribution >= 4 is 11.7 Å². The summed E-state index contributed by atoms with van der Waals surface area (Å²) < 4.78 is 4.54. The topological polar surface area (TPSA) is 97.1 Å². The van der Waals surface area contributed by atoms with Gasteiger partial charge < -0.3 is 27.5 Å². The highest BCUT2D eigenvalue weighted by molar-refractivity contribution is 5.74. The van der Waals surface area contributed by atoms with Crippen molar-refractivity contribution in [2.24, 2.45) is 0 Å². The minimum Gasteiger partial charge on any atom is -1.00 e. The van der Waals surface area contributed by atoms with E-state index in [1.165, 1.54) is 19.2 Å². The predicted octanol–water partition coefficient (Wildman–Crippen LogP) is -3.08. The minimum absolute atomic E-state index is 0. The van der Waals surface area contributed by atoms with Crippen molar-refractivity contribution in [3.8, 4) is 0 Å². The van der Waals surface area contributed by atoms with E-state index in [4.69, 9.17) is 0 Å². The minimum atomic E-state index is -0.494. The summed E-state index contributed by atoms with van der Waals surface area (Å²) in [4.78, 5) is 21.0. The molecule has 1 aromatic carbocycles. The molecule has 0 aliphatic carbocycles. The van der Waals surface area contributed by atoms with Gasteiger partial charge >= 0.3 is 5.97 Å². The fourth-order valence-corrected chi connectivity index (χ4v) is 1.29. The number of quaternary nitrogens is 1. The molecule has 7 heteroatoms. The zero-order valence-electron chi connectivity index (χ0n) is 9.26. The first-order valence-electron chi connectivity index (χ1n) is 4.69. The van der Waals surface area contributed by atoms with Crippen LogP contribution in [0, 0.1) is 10.1 Å².